The van der Waals surface area contributed by atoms with Crippen molar-refractivity contribution in [2.24, 2.45) is 7.05 Å². The van der Waals surface area contributed by atoms with Crippen LogP contribution >= 0.6 is 0 Å². The third-order valence-corrected chi connectivity index (χ3v) is 2.07. The molecule has 1 aromatic rings. The van der Waals surface area contributed by atoms with Crippen LogP contribution in [0.4, 0.5) is 0 Å². The zero-order valence-electron chi connectivity index (χ0n) is 9.18. The normalized spacial score (nSPS) is 10.3. The average Bonchev–Trinajstić information content (AvgIpc) is 2.63. The number of rotatable bonds is 5. The van der Waals surface area contributed by atoms with E-state index in [2.05, 4.69) is 4.98 Å². The molecule has 15 heavy (non-hydrogen) atoms. The van der Waals surface area contributed by atoms with Gasteiger partial charge in [-0.2, -0.15) is 0 Å². The van der Waals surface area contributed by atoms with Crippen molar-refractivity contribution in [3.63, 3.8) is 0 Å². The molecule has 5 heteroatoms. The van der Waals surface area contributed by atoms with Crippen LogP contribution < -0.4 is 0 Å². The molecule has 0 bridgehead atoms. The number of imidazole rings is 1. The van der Waals surface area contributed by atoms with Gasteiger partial charge in [0.25, 0.3) is 5.91 Å². The number of aliphatic hydroxyl groups is 1. The van der Waals surface area contributed by atoms with Gasteiger partial charge in [0, 0.05) is 26.3 Å². The Balaban J connectivity index is 2.71. The van der Waals surface area contributed by atoms with Crippen LogP contribution in [0.1, 0.15) is 23.8 Å². The molecule has 0 aliphatic heterocycles. The van der Waals surface area contributed by atoms with Gasteiger partial charge in [-0.25, -0.2) is 4.98 Å². The van der Waals surface area contributed by atoms with Gasteiger partial charge >= 0.3 is 0 Å². The number of aryl methyl sites for hydroxylation is 1. The van der Waals surface area contributed by atoms with Gasteiger partial charge in [0.05, 0.1) is 12.9 Å². The second-order valence-electron chi connectivity index (χ2n) is 3.44. The maximum atomic E-state index is 11.9. The third kappa shape index (κ3) is 3.06. The second-order valence-corrected chi connectivity index (χ2v) is 3.44. The quantitative estimate of drug-likeness (QED) is 0.760. The molecule has 5 nitrogen and oxygen atoms in total. The van der Waals surface area contributed by atoms with Gasteiger partial charge in [0.2, 0.25) is 0 Å². The molecular formula is C10H17N3O2. The van der Waals surface area contributed by atoms with Crippen molar-refractivity contribution in [1.82, 2.24) is 14.5 Å². The van der Waals surface area contributed by atoms with Gasteiger partial charge in [0.1, 0.15) is 5.69 Å². The van der Waals surface area contributed by atoms with Crippen LogP contribution in [0.15, 0.2) is 12.5 Å². The maximum Gasteiger partial charge on any atom is 0.274 e. The van der Waals surface area contributed by atoms with Gasteiger partial charge in [-0.15, -0.1) is 0 Å². The van der Waals surface area contributed by atoms with Crippen LogP contribution in [0.25, 0.3) is 0 Å². The van der Waals surface area contributed by atoms with Gasteiger partial charge in [0.15, 0.2) is 0 Å². The second kappa shape index (κ2) is 5.50. The molecule has 1 heterocycles. The van der Waals surface area contributed by atoms with Crippen molar-refractivity contribution in [3.05, 3.63) is 18.2 Å². The Morgan fingerprint density at radius 1 is 1.60 bits per heavy atom. The fourth-order valence-electron chi connectivity index (χ4n) is 1.39. The van der Waals surface area contributed by atoms with Crippen molar-refractivity contribution >= 4 is 5.91 Å². The SMILES string of the molecule is CCCN(CCO)C(=O)c1cn(C)cn1. The van der Waals surface area contributed by atoms with Crippen molar-refractivity contribution in [2.75, 3.05) is 19.7 Å². The van der Waals surface area contributed by atoms with Crippen LogP contribution in [-0.4, -0.2) is 45.2 Å². The van der Waals surface area contributed by atoms with E-state index in [0.29, 0.717) is 18.8 Å². The molecule has 1 rings (SSSR count). The molecular weight excluding hydrogens is 194 g/mol. The molecule has 0 unspecified atom stereocenters. The number of aliphatic hydroxyl groups excluding tert-OH is 1. The summed E-state index contributed by atoms with van der Waals surface area (Å²) in [5.41, 5.74) is 0.430. The first-order chi connectivity index (χ1) is 7.19. The van der Waals surface area contributed by atoms with Crippen molar-refractivity contribution in [1.29, 1.82) is 0 Å². The Morgan fingerprint density at radius 2 is 2.33 bits per heavy atom. The summed E-state index contributed by atoms with van der Waals surface area (Å²) < 4.78 is 1.73. The predicted octanol–water partition coefficient (Wildman–Crippen LogP) is 0.265. The monoisotopic (exact) mass is 211 g/mol. The van der Waals surface area contributed by atoms with Gasteiger partial charge in [-0.1, -0.05) is 6.92 Å². The van der Waals surface area contributed by atoms with E-state index in [0.717, 1.165) is 6.42 Å². The number of hydrogen-bond donors (Lipinski definition) is 1. The van der Waals surface area contributed by atoms with Gasteiger partial charge in [-0.05, 0) is 6.42 Å². The van der Waals surface area contributed by atoms with E-state index in [-0.39, 0.29) is 12.5 Å². The number of carbonyl (C=O) groups is 1. The molecule has 0 spiro atoms. The molecule has 0 aromatic carbocycles. The number of carbonyl (C=O) groups excluding carboxylic acids is 1. The minimum atomic E-state index is -0.119. The smallest absolute Gasteiger partial charge is 0.274 e. The van der Waals surface area contributed by atoms with E-state index in [1.165, 1.54) is 0 Å². The lowest BCUT2D eigenvalue weighted by atomic mass is 10.3. The first kappa shape index (κ1) is 11.7. The number of amides is 1. The summed E-state index contributed by atoms with van der Waals surface area (Å²) >= 11 is 0. The molecule has 1 aromatic heterocycles. The van der Waals surface area contributed by atoms with Crippen LogP contribution in [0, 0.1) is 0 Å². The summed E-state index contributed by atoms with van der Waals surface area (Å²) in [6, 6.07) is 0. The minimum absolute atomic E-state index is 0.0153. The zero-order valence-corrected chi connectivity index (χ0v) is 9.18. The topological polar surface area (TPSA) is 58.4 Å². The Bertz CT molecular complexity index is 316. The molecule has 1 amide bonds. The van der Waals surface area contributed by atoms with Crippen LogP contribution in [-0.2, 0) is 7.05 Å². The van der Waals surface area contributed by atoms with E-state index in [1.54, 1.807) is 22.0 Å². The standard InChI is InChI=1S/C10H17N3O2/c1-3-4-13(5-6-14)10(15)9-7-12(2)8-11-9/h7-8,14H,3-6H2,1-2H3. The van der Waals surface area contributed by atoms with Gasteiger partial charge in [-0.3, -0.25) is 4.79 Å². The fourth-order valence-corrected chi connectivity index (χ4v) is 1.39. The van der Waals surface area contributed by atoms with E-state index in [9.17, 15) is 4.79 Å². The van der Waals surface area contributed by atoms with E-state index >= 15 is 0 Å². The fraction of sp³-hybridized carbons (Fsp3) is 0.600. The number of nitrogens with zero attached hydrogens (tertiary/aromatic N) is 3. The average molecular weight is 211 g/mol. The lowest BCUT2D eigenvalue weighted by Gasteiger charge is -2.19. The largest absolute Gasteiger partial charge is 0.395 e. The first-order valence-corrected chi connectivity index (χ1v) is 5.07. The highest BCUT2D eigenvalue weighted by Crippen LogP contribution is 2.02. The Hall–Kier alpha value is -1.36. The lowest BCUT2D eigenvalue weighted by molar-refractivity contribution is 0.0716. The van der Waals surface area contributed by atoms with Crippen molar-refractivity contribution in [3.8, 4) is 0 Å². The zero-order chi connectivity index (χ0) is 11.3. The highest BCUT2D eigenvalue weighted by Gasteiger charge is 2.16. The van der Waals surface area contributed by atoms with E-state index < -0.39 is 0 Å². The molecule has 0 radical (unpaired) electrons. The summed E-state index contributed by atoms with van der Waals surface area (Å²) in [7, 11) is 1.82. The lowest BCUT2D eigenvalue weighted by Crippen LogP contribution is -2.34. The highest BCUT2D eigenvalue weighted by atomic mass is 16.3. The summed E-state index contributed by atoms with van der Waals surface area (Å²) in [5.74, 6) is -0.119. The summed E-state index contributed by atoms with van der Waals surface area (Å²) in [5, 5.41) is 8.84. The van der Waals surface area contributed by atoms with Crippen LogP contribution in [0.3, 0.4) is 0 Å². The van der Waals surface area contributed by atoms with Crippen molar-refractivity contribution < 1.29 is 9.90 Å². The third-order valence-electron chi connectivity index (χ3n) is 2.07. The summed E-state index contributed by atoms with van der Waals surface area (Å²) in [4.78, 5) is 17.5. The molecule has 84 valence electrons. The molecule has 1 N–H and O–H groups in total. The predicted molar refractivity (Wildman–Crippen MR) is 56.5 cm³/mol. The van der Waals surface area contributed by atoms with Crippen LogP contribution in [0.5, 0.6) is 0 Å². The van der Waals surface area contributed by atoms with E-state index in [4.69, 9.17) is 5.11 Å². The number of aromatic nitrogens is 2. The Labute approximate surface area is 89.3 Å². The molecule has 0 saturated heterocycles. The van der Waals surface area contributed by atoms with Crippen molar-refractivity contribution in [2.45, 2.75) is 13.3 Å². The van der Waals surface area contributed by atoms with Gasteiger partial charge < -0.3 is 14.6 Å². The highest BCUT2D eigenvalue weighted by molar-refractivity contribution is 5.92. The summed E-state index contributed by atoms with van der Waals surface area (Å²) in [6.07, 6.45) is 4.15. The Morgan fingerprint density at radius 3 is 2.80 bits per heavy atom. The molecule has 0 fully saturated rings. The minimum Gasteiger partial charge on any atom is -0.395 e. The number of hydrogen-bond acceptors (Lipinski definition) is 3. The summed E-state index contributed by atoms with van der Waals surface area (Å²) in [6.45, 7) is 2.99. The first-order valence-electron chi connectivity index (χ1n) is 5.07. The van der Waals surface area contributed by atoms with E-state index in [1.807, 2.05) is 14.0 Å². The van der Waals surface area contributed by atoms with Crippen LogP contribution in [0.2, 0.25) is 0 Å². The molecule has 0 aliphatic carbocycles. The Kier molecular flexibility index (Phi) is 4.30. The molecule has 0 atom stereocenters. The maximum absolute atomic E-state index is 11.9. The molecule has 0 aliphatic rings. The molecule has 0 saturated carbocycles.